The number of carbonyl (C=O) groups excluding carboxylic acids is 2. The van der Waals surface area contributed by atoms with Gasteiger partial charge in [0.25, 0.3) is 11.7 Å². The monoisotopic (exact) mass is 301 g/mol. The predicted octanol–water partition coefficient (Wildman–Crippen LogP) is -1.51. The number of nitrogens with one attached hydrogen (secondary N) is 2. The third-order valence-corrected chi connectivity index (χ3v) is 2.58. The SMILES string of the molecule is C#Cc1nnc(C(=O)N[C@H](Cc2cnc[nH]2)C(=O)OC)nn1. The zero-order valence-electron chi connectivity index (χ0n) is 11.5. The molecule has 2 aromatic heterocycles. The number of hydrogen-bond donors (Lipinski definition) is 2. The van der Waals surface area contributed by atoms with E-state index in [-0.39, 0.29) is 18.1 Å². The van der Waals surface area contributed by atoms with Crippen LogP contribution in [-0.2, 0) is 16.0 Å². The van der Waals surface area contributed by atoms with Crippen molar-refractivity contribution in [2.45, 2.75) is 12.5 Å². The molecule has 0 saturated carbocycles. The third kappa shape index (κ3) is 3.60. The van der Waals surface area contributed by atoms with Gasteiger partial charge in [-0.25, -0.2) is 9.78 Å². The van der Waals surface area contributed by atoms with Crippen LogP contribution in [0.5, 0.6) is 0 Å². The number of imidazole rings is 1. The molecule has 0 bridgehead atoms. The number of rotatable bonds is 5. The van der Waals surface area contributed by atoms with E-state index in [0.717, 1.165) is 0 Å². The van der Waals surface area contributed by atoms with Crippen molar-refractivity contribution >= 4 is 11.9 Å². The van der Waals surface area contributed by atoms with Crippen molar-refractivity contribution in [3.8, 4) is 12.3 Å². The molecule has 0 aromatic carbocycles. The minimum atomic E-state index is -0.936. The van der Waals surface area contributed by atoms with E-state index >= 15 is 0 Å². The van der Waals surface area contributed by atoms with Gasteiger partial charge in [0.05, 0.1) is 13.4 Å². The first-order chi connectivity index (χ1) is 10.6. The lowest BCUT2D eigenvalue weighted by atomic mass is 10.1. The molecule has 0 aliphatic rings. The van der Waals surface area contributed by atoms with E-state index in [2.05, 4.69) is 46.3 Å². The number of nitrogens with zero attached hydrogens (tertiary/aromatic N) is 5. The van der Waals surface area contributed by atoms with Gasteiger partial charge in [0, 0.05) is 18.3 Å². The zero-order chi connectivity index (χ0) is 15.9. The normalized spacial score (nSPS) is 11.3. The van der Waals surface area contributed by atoms with Crippen LogP contribution in [0.2, 0.25) is 0 Å². The lowest BCUT2D eigenvalue weighted by Crippen LogP contribution is -2.43. The lowest BCUT2D eigenvalue weighted by molar-refractivity contribution is -0.142. The maximum atomic E-state index is 12.0. The van der Waals surface area contributed by atoms with Crippen LogP contribution in [0.4, 0.5) is 0 Å². The van der Waals surface area contributed by atoms with Gasteiger partial charge in [-0.1, -0.05) is 0 Å². The van der Waals surface area contributed by atoms with Crippen LogP contribution >= 0.6 is 0 Å². The van der Waals surface area contributed by atoms with Crippen LogP contribution in [0.25, 0.3) is 0 Å². The quantitative estimate of drug-likeness (QED) is 0.502. The number of methoxy groups -OCH3 is 1. The highest BCUT2D eigenvalue weighted by Crippen LogP contribution is 2.01. The van der Waals surface area contributed by atoms with E-state index < -0.39 is 17.9 Å². The Morgan fingerprint density at radius 3 is 2.68 bits per heavy atom. The number of aromatic nitrogens is 6. The number of aromatic amines is 1. The van der Waals surface area contributed by atoms with Gasteiger partial charge in [0.1, 0.15) is 6.04 Å². The molecule has 2 rings (SSSR count). The zero-order valence-corrected chi connectivity index (χ0v) is 11.5. The van der Waals surface area contributed by atoms with Crippen molar-refractivity contribution in [1.82, 2.24) is 35.7 Å². The molecule has 0 fully saturated rings. The number of H-pyrrole nitrogens is 1. The number of hydrogen-bond acceptors (Lipinski definition) is 8. The number of carbonyl (C=O) groups is 2. The summed E-state index contributed by atoms with van der Waals surface area (Å²) in [5.74, 6) is 0.431. The van der Waals surface area contributed by atoms with E-state index in [4.69, 9.17) is 6.42 Å². The Kier molecular flexibility index (Phi) is 4.71. The molecular weight excluding hydrogens is 290 g/mol. The van der Waals surface area contributed by atoms with E-state index in [1.807, 2.05) is 0 Å². The Bertz CT molecular complexity index is 691. The van der Waals surface area contributed by atoms with Crippen molar-refractivity contribution in [2.24, 2.45) is 0 Å². The number of terminal acetylenes is 1. The Morgan fingerprint density at radius 1 is 1.41 bits per heavy atom. The molecule has 0 radical (unpaired) electrons. The predicted molar refractivity (Wildman–Crippen MR) is 71.1 cm³/mol. The highest BCUT2D eigenvalue weighted by Gasteiger charge is 2.24. The van der Waals surface area contributed by atoms with Gasteiger partial charge in [-0.2, -0.15) is 0 Å². The molecule has 22 heavy (non-hydrogen) atoms. The van der Waals surface area contributed by atoms with Crippen LogP contribution in [0.3, 0.4) is 0 Å². The molecule has 10 nitrogen and oxygen atoms in total. The molecule has 0 spiro atoms. The molecular formula is C12H11N7O3. The second-order valence-electron chi connectivity index (χ2n) is 4.02. The van der Waals surface area contributed by atoms with Gasteiger partial charge in [-0.15, -0.1) is 26.8 Å². The standard InChI is InChI=1S/C12H11N7O3/c1-3-9-16-18-10(19-17-9)11(20)15-8(12(21)22-2)4-7-5-13-6-14-7/h1,5-6,8H,4H2,2H3,(H,13,14)(H,15,20)/t8-/m1/s1. The van der Waals surface area contributed by atoms with Crippen molar-refractivity contribution in [3.63, 3.8) is 0 Å². The van der Waals surface area contributed by atoms with Gasteiger partial charge >= 0.3 is 5.97 Å². The molecule has 112 valence electrons. The van der Waals surface area contributed by atoms with Gasteiger partial charge in [-0.3, -0.25) is 4.79 Å². The van der Waals surface area contributed by atoms with Crippen LogP contribution < -0.4 is 5.32 Å². The third-order valence-electron chi connectivity index (χ3n) is 2.58. The molecule has 1 amide bonds. The van der Waals surface area contributed by atoms with Gasteiger partial charge in [-0.05, 0) is 5.92 Å². The van der Waals surface area contributed by atoms with Crippen LogP contribution in [-0.4, -0.2) is 55.4 Å². The molecule has 2 heterocycles. The first-order valence-corrected chi connectivity index (χ1v) is 6.04. The Morgan fingerprint density at radius 2 is 2.14 bits per heavy atom. The van der Waals surface area contributed by atoms with Gasteiger partial charge < -0.3 is 15.0 Å². The molecule has 2 N–H and O–H groups in total. The highest BCUT2D eigenvalue weighted by atomic mass is 16.5. The van der Waals surface area contributed by atoms with Gasteiger partial charge in [0.15, 0.2) is 0 Å². The summed E-state index contributed by atoms with van der Waals surface area (Å²) >= 11 is 0. The van der Waals surface area contributed by atoms with E-state index in [9.17, 15) is 9.59 Å². The highest BCUT2D eigenvalue weighted by molar-refractivity contribution is 5.93. The molecule has 0 aliphatic carbocycles. The smallest absolute Gasteiger partial charge is 0.328 e. The molecule has 10 heteroatoms. The maximum absolute atomic E-state index is 12.0. The second kappa shape index (κ2) is 6.89. The minimum Gasteiger partial charge on any atom is -0.467 e. The topological polar surface area (TPSA) is 136 Å². The largest absolute Gasteiger partial charge is 0.467 e. The molecule has 0 unspecified atom stereocenters. The fourth-order valence-corrected chi connectivity index (χ4v) is 1.55. The Balaban J connectivity index is 2.10. The average molecular weight is 301 g/mol. The summed E-state index contributed by atoms with van der Waals surface area (Å²) < 4.78 is 4.65. The lowest BCUT2D eigenvalue weighted by Gasteiger charge is -2.14. The number of ether oxygens (including phenoxy) is 1. The molecule has 2 aromatic rings. The number of esters is 1. The Hall–Kier alpha value is -3.35. The summed E-state index contributed by atoms with van der Waals surface area (Å²) in [6.45, 7) is 0. The fourth-order valence-electron chi connectivity index (χ4n) is 1.55. The van der Waals surface area contributed by atoms with Crippen LogP contribution in [0.15, 0.2) is 12.5 Å². The van der Waals surface area contributed by atoms with Crippen molar-refractivity contribution in [3.05, 3.63) is 29.9 Å². The van der Waals surface area contributed by atoms with Crippen molar-refractivity contribution in [1.29, 1.82) is 0 Å². The first kappa shape index (κ1) is 15.0. The fraction of sp³-hybridized carbons (Fsp3) is 0.250. The molecule has 1 atom stereocenters. The second-order valence-corrected chi connectivity index (χ2v) is 4.02. The average Bonchev–Trinajstić information content (AvgIpc) is 3.06. The summed E-state index contributed by atoms with van der Waals surface area (Å²) in [6, 6.07) is -0.936. The summed E-state index contributed by atoms with van der Waals surface area (Å²) in [7, 11) is 1.22. The summed E-state index contributed by atoms with van der Waals surface area (Å²) in [5.41, 5.74) is 0.649. The maximum Gasteiger partial charge on any atom is 0.328 e. The van der Waals surface area contributed by atoms with Crippen molar-refractivity contribution < 1.29 is 14.3 Å². The van der Waals surface area contributed by atoms with Crippen LogP contribution in [0.1, 0.15) is 22.1 Å². The summed E-state index contributed by atoms with van der Waals surface area (Å²) in [4.78, 5) is 30.4. The van der Waals surface area contributed by atoms with E-state index in [1.54, 1.807) is 0 Å². The molecule has 0 saturated heterocycles. The Labute approximate surface area is 124 Å². The van der Waals surface area contributed by atoms with Gasteiger partial charge in [0.2, 0.25) is 5.82 Å². The summed E-state index contributed by atoms with van der Waals surface area (Å²) in [6.07, 6.45) is 8.22. The first-order valence-electron chi connectivity index (χ1n) is 6.04. The van der Waals surface area contributed by atoms with Crippen LogP contribution in [0, 0.1) is 12.3 Å². The molecule has 0 aliphatic heterocycles. The van der Waals surface area contributed by atoms with Crippen molar-refractivity contribution in [2.75, 3.05) is 7.11 Å². The number of amides is 1. The van der Waals surface area contributed by atoms with E-state index in [1.165, 1.54) is 19.6 Å². The van der Waals surface area contributed by atoms with E-state index in [0.29, 0.717) is 5.69 Å². The minimum absolute atomic E-state index is 0.0430. The summed E-state index contributed by atoms with van der Waals surface area (Å²) in [5, 5.41) is 16.5.